The van der Waals surface area contributed by atoms with Crippen molar-refractivity contribution >= 4 is 28.9 Å². The molecule has 0 bridgehead atoms. The second-order valence-electron chi connectivity index (χ2n) is 1.65. The Labute approximate surface area is 71.7 Å². The zero-order valence-corrected chi connectivity index (χ0v) is 6.60. The van der Waals surface area contributed by atoms with Crippen molar-refractivity contribution in [1.29, 1.82) is 0 Å². The van der Waals surface area contributed by atoms with E-state index in [1.54, 1.807) is 0 Å². The van der Waals surface area contributed by atoms with E-state index in [1.807, 2.05) is 0 Å². The van der Waals surface area contributed by atoms with Gasteiger partial charge in [-0.2, -0.15) is 10.2 Å². The molecule has 5 nitrogen and oxygen atoms in total. The molecule has 0 aromatic carbocycles. The zero-order chi connectivity index (χ0) is 8.43. The van der Waals surface area contributed by atoms with Gasteiger partial charge >= 0.3 is 0 Å². The van der Waals surface area contributed by atoms with Gasteiger partial charge in [0.15, 0.2) is 5.15 Å². The first kappa shape index (κ1) is 8.63. The Hall–Kier alpha value is -0.460. The van der Waals surface area contributed by atoms with Crippen molar-refractivity contribution in [3.63, 3.8) is 0 Å². The maximum atomic E-state index is 10.3. The molecule has 11 heavy (non-hydrogen) atoms. The van der Waals surface area contributed by atoms with E-state index in [0.29, 0.717) is 0 Å². The summed E-state index contributed by atoms with van der Waals surface area (Å²) in [5, 5.41) is 17.4. The van der Waals surface area contributed by atoms with Crippen molar-refractivity contribution < 1.29 is 10.4 Å². The van der Waals surface area contributed by atoms with E-state index in [2.05, 4.69) is 9.97 Å². The molecule has 2 N–H and O–H groups in total. The molecule has 1 unspecified atom stereocenters. The summed E-state index contributed by atoms with van der Waals surface area (Å²) >= 11 is 10.7. The SMILES string of the molecule is [O-][NH+](O)c1cnc(Cl)nc1Cl. The minimum Gasteiger partial charge on any atom is -0.595 e. The summed E-state index contributed by atoms with van der Waals surface area (Å²) < 4.78 is 0. The molecule has 0 saturated carbocycles. The predicted molar refractivity (Wildman–Crippen MR) is 37.8 cm³/mol. The fourth-order valence-corrected chi connectivity index (χ4v) is 0.871. The lowest BCUT2D eigenvalue weighted by molar-refractivity contribution is -0.991. The Morgan fingerprint density at radius 2 is 2.18 bits per heavy atom. The number of quaternary nitrogens is 1. The minimum absolute atomic E-state index is 0.0694. The molecule has 60 valence electrons. The molecular weight excluding hydrogens is 193 g/mol. The van der Waals surface area contributed by atoms with Gasteiger partial charge in [-0.3, -0.25) is 0 Å². The molecular formula is C4H3Cl2N3O2. The van der Waals surface area contributed by atoms with Crippen LogP contribution in [0, 0.1) is 5.21 Å². The van der Waals surface area contributed by atoms with Gasteiger partial charge in [0.25, 0.3) is 0 Å². The van der Waals surface area contributed by atoms with E-state index >= 15 is 0 Å². The Morgan fingerprint density at radius 1 is 1.55 bits per heavy atom. The molecule has 1 rings (SSSR count). The average Bonchev–Trinajstić information content (AvgIpc) is 1.85. The summed E-state index contributed by atoms with van der Waals surface area (Å²) in [4.78, 5) is 6.88. The number of hydrogen-bond acceptors (Lipinski definition) is 4. The number of aromatic nitrogens is 2. The molecule has 7 heteroatoms. The maximum Gasteiger partial charge on any atom is 0.224 e. The van der Waals surface area contributed by atoms with Crippen LogP contribution in [0.15, 0.2) is 6.20 Å². The summed E-state index contributed by atoms with van der Waals surface area (Å²) in [5.41, 5.74) is -0.156. The van der Waals surface area contributed by atoms with Crippen LogP contribution in [-0.4, -0.2) is 15.2 Å². The largest absolute Gasteiger partial charge is 0.595 e. The lowest BCUT2D eigenvalue weighted by Gasteiger charge is -2.10. The third-order valence-electron chi connectivity index (χ3n) is 0.943. The Balaban J connectivity index is 3.09. The molecule has 1 aromatic heterocycles. The third-order valence-corrected chi connectivity index (χ3v) is 1.41. The highest BCUT2D eigenvalue weighted by Gasteiger charge is 2.08. The highest BCUT2D eigenvalue weighted by Crippen LogP contribution is 2.14. The van der Waals surface area contributed by atoms with Crippen LogP contribution in [0.25, 0.3) is 0 Å². The first-order chi connectivity index (χ1) is 5.11. The van der Waals surface area contributed by atoms with Crippen LogP contribution in [-0.2, 0) is 0 Å². The molecule has 0 aliphatic rings. The quantitative estimate of drug-likeness (QED) is 0.382. The number of halogens is 2. The highest BCUT2D eigenvalue weighted by atomic mass is 35.5. The zero-order valence-electron chi connectivity index (χ0n) is 5.08. The van der Waals surface area contributed by atoms with Crippen LogP contribution in [0.2, 0.25) is 10.4 Å². The molecule has 0 aliphatic heterocycles. The van der Waals surface area contributed by atoms with Gasteiger partial charge in [-0.25, -0.2) is 10.2 Å². The van der Waals surface area contributed by atoms with Gasteiger partial charge in [0.2, 0.25) is 11.0 Å². The molecule has 0 amide bonds. The van der Waals surface area contributed by atoms with E-state index in [-0.39, 0.29) is 16.1 Å². The molecule has 1 aromatic rings. The van der Waals surface area contributed by atoms with Gasteiger partial charge in [0.05, 0.1) is 6.20 Å². The molecule has 1 atom stereocenters. The molecule has 0 radical (unpaired) electrons. The van der Waals surface area contributed by atoms with Gasteiger partial charge < -0.3 is 5.21 Å². The van der Waals surface area contributed by atoms with Gasteiger partial charge in [0.1, 0.15) is 0 Å². The fourth-order valence-electron chi connectivity index (χ4n) is 0.485. The van der Waals surface area contributed by atoms with Crippen molar-refractivity contribution in [3.05, 3.63) is 21.8 Å². The van der Waals surface area contributed by atoms with E-state index in [1.165, 1.54) is 0 Å². The van der Waals surface area contributed by atoms with Crippen molar-refractivity contribution in [3.8, 4) is 0 Å². The van der Waals surface area contributed by atoms with E-state index in [0.717, 1.165) is 6.20 Å². The van der Waals surface area contributed by atoms with Crippen LogP contribution >= 0.6 is 23.2 Å². The van der Waals surface area contributed by atoms with E-state index in [4.69, 9.17) is 28.4 Å². The summed E-state index contributed by atoms with van der Waals surface area (Å²) in [6.45, 7) is 0. The molecule has 0 saturated heterocycles. The summed E-state index contributed by atoms with van der Waals surface area (Å²) in [7, 11) is 0. The first-order valence-corrected chi connectivity index (χ1v) is 3.28. The summed E-state index contributed by atoms with van der Waals surface area (Å²) in [6.07, 6.45) is 1.06. The highest BCUT2D eigenvalue weighted by molar-refractivity contribution is 6.33. The monoisotopic (exact) mass is 195 g/mol. The van der Waals surface area contributed by atoms with Crippen molar-refractivity contribution in [2.45, 2.75) is 0 Å². The van der Waals surface area contributed by atoms with Crippen LogP contribution in [0.1, 0.15) is 0 Å². The lowest BCUT2D eigenvalue weighted by Crippen LogP contribution is -2.99. The van der Waals surface area contributed by atoms with Crippen LogP contribution in [0.5, 0.6) is 0 Å². The van der Waals surface area contributed by atoms with Gasteiger partial charge in [0, 0.05) is 0 Å². The topological polar surface area (TPSA) is 73.5 Å². The third kappa shape index (κ3) is 1.98. The van der Waals surface area contributed by atoms with Crippen LogP contribution in [0.3, 0.4) is 0 Å². The normalized spacial score (nSPS) is 13.1. The molecule has 0 aliphatic carbocycles. The average molecular weight is 196 g/mol. The number of hydrogen-bond donors (Lipinski definition) is 2. The smallest absolute Gasteiger partial charge is 0.224 e. The van der Waals surface area contributed by atoms with Crippen molar-refractivity contribution in [2.75, 3.05) is 0 Å². The number of nitrogens with one attached hydrogen (secondary N) is 1. The van der Waals surface area contributed by atoms with Gasteiger partial charge in [-0.05, 0) is 11.6 Å². The van der Waals surface area contributed by atoms with Crippen molar-refractivity contribution in [2.24, 2.45) is 0 Å². The van der Waals surface area contributed by atoms with Gasteiger partial charge in [-0.1, -0.05) is 11.6 Å². The van der Waals surface area contributed by atoms with E-state index in [9.17, 15) is 5.21 Å². The standard InChI is InChI=1S/C4H3Cl2N3O2/c5-3-2(9(10)11)1-7-4(6)8-3/h1,9-10H. The second-order valence-corrected chi connectivity index (χ2v) is 2.34. The van der Waals surface area contributed by atoms with Crippen LogP contribution < -0.4 is 5.23 Å². The Kier molecular flexibility index (Phi) is 2.58. The molecule has 0 fully saturated rings. The van der Waals surface area contributed by atoms with E-state index < -0.39 is 5.23 Å². The van der Waals surface area contributed by atoms with Crippen LogP contribution in [0.4, 0.5) is 5.69 Å². The Bertz CT molecular complexity index is 268. The minimum atomic E-state index is -1.17. The Morgan fingerprint density at radius 3 is 2.64 bits per heavy atom. The number of nitrogens with zero attached hydrogens (tertiary/aromatic N) is 2. The maximum absolute atomic E-state index is 10.3. The fraction of sp³-hybridized carbons (Fsp3) is 0. The lowest BCUT2D eigenvalue weighted by atomic mass is 10.6. The summed E-state index contributed by atoms with van der Waals surface area (Å²) in [6, 6.07) is 0. The number of rotatable bonds is 1. The van der Waals surface area contributed by atoms with Gasteiger partial charge in [-0.15, -0.1) is 0 Å². The predicted octanol–water partition coefficient (Wildman–Crippen LogP) is 0.187. The first-order valence-electron chi connectivity index (χ1n) is 2.52. The second kappa shape index (κ2) is 3.29. The molecule has 1 heterocycles. The van der Waals surface area contributed by atoms with Crippen molar-refractivity contribution in [1.82, 2.24) is 9.97 Å². The summed E-state index contributed by atoms with van der Waals surface area (Å²) in [5.74, 6) is 0. The molecule has 0 spiro atoms.